The highest BCUT2D eigenvalue weighted by atomic mass is 16.5. The molecule has 3 heteroatoms. The number of hydrogen-bond donors (Lipinski definition) is 1. The van der Waals surface area contributed by atoms with Gasteiger partial charge in [-0.2, -0.15) is 0 Å². The van der Waals surface area contributed by atoms with Gasteiger partial charge in [0.25, 0.3) is 0 Å². The van der Waals surface area contributed by atoms with Gasteiger partial charge in [-0.1, -0.05) is 6.42 Å². The zero-order chi connectivity index (χ0) is 7.90. The Morgan fingerprint density at radius 3 is 3.27 bits per heavy atom. The van der Waals surface area contributed by atoms with Gasteiger partial charge >= 0.3 is 5.97 Å². The summed E-state index contributed by atoms with van der Waals surface area (Å²) >= 11 is 0. The molecule has 0 radical (unpaired) electrons. The van der Waals surface area contributed by atoms with Crippen molar-refractivity contribution in [2.24, 2.45) is 5.92 Å². The minimum absolute atomic E-state index is 0.206. The van der Waals surface area contributed by atoms with E-state index >= 15 is 0 Å². The third kappa shape index (κ3) is 1.03. The Morgan fingerprint density at radius 1 is 1.64 bits per heavy atom. The molecule has 1 heterocycles. The smallest absolute Gasteiger partial charge is 0.308 e. The zero-order valence-corrected chi connectivity index (χ0v) is 6.38. The maximum Gasteiger partial charge on any atom is 0.308 e. The molecule has 2 atom stereocenters. The summed E-state index contributed by atoms with van der Waals surface area (Å²) in [5.41, 5.74) is -0.713. The molecule has 1 N–H and O–H groups in total. The Bertz CT molecular complexity index is 190. The Hall–Kier alpha value is -0.570. The molecule has 0 aromatic heterocycles. The molecule has 11 heavy (non-hydrogen) atoms. The predicted molar refractivity (Wildman–Crippen MR) is 37.9 cm³/mol. The molecule has 0 bridgehead atoms. The molecule has 0 spiro atoms. The van der Waals surface area contributed by atoms with Crippen LogP contribution in [0, 0.1) is 5.92 Å². The molecule has 1 aliphatic carbocycles. The van der Waals surface area contributed by atoms with Gasteiger partial charge in [-0.25, -0.2) is 0 Å². The molecule has 1 saturated carbocycles. The molecule has 3 nitrogen and oxygen atoms in total. The Balaban J connectivity index is 2.16. The second-order valence-corrected chi connectivity index (χ2v) is 3.55. The molecule has 0 aromatic carbocycles. The number of carbonyl (C=O) groups is 1. The van der Waals surface area contributed by atoms with Crippen molar-refractivity contribution in [1.29, 1.82) is 0 Å². The van der Waals surface area contributed by atoms with Crippen LogP contribution in [0.2, 0.25) is 0 Å². The average Bonchev–Trinajstić information content (AvgIpc) is 2.28. The first-order valence-electron chi connectivity index (χ1n) is 4.09. The molecular formula is C8H12O3. The monoisotopic (exact) mass is 156 g/mol. The van der Waals surface area contributed by atoms with Gasteiger partial charge in [0.1, 0.15) is 0 Å². The van der Waals surface area contributed by atoms with E-state index in [0.29, 0.717) is 6.61 Å². The topological polar surface area (TPSA) is 46.5 Å². The third-order valence-electron chi connectivity index (χ3n) is 2.82. The molecular weight excluding hydrogens is 144 g/mol. The molecule has 2 rings (SSSR count). The SMILES string of the molecule is O=C1C[C@]2(O)CCC[C@@H]2CO1. The number of fused-ring (bicyclic) bond motifs is 1. The first kappa shape index (κ1) is 7.10. The van der Waals surface area contributed by atoms with Crippen LogP contribution in [0.15, 0.2) is 0 Å². The van der Waals surface area contributed by atoms with Gasteiger partial charge in [-0.05, 0) is 12.8 Å². The molecule has 1 aliphatic heterocycles. The number of cyclic esters (lactones) is 1. The van der Waals surface area contributed by atoms with Crippen molar-refractivity contribution in [2.45, 2.75) is 31.3 Å². The van der Waals surface area contributed by atoms with Crippen molar-refractivity contribution in [2.75, 3.05) is 6.61 Å². The van der Waals surface area contributed by atoms with E-state index in [1.807, 2.05) is 0 Å². The van der Waals surface area contributed by atoms with Crippen molar-refractivity contribution in [3.05, 3.63) is 0 Å². The van der Waals surface area contributed by atoms with E-state index in [1.54, 1.807) is 0 Å². The van der Waals surface area contributed by atoms with Crippen molar-refractivity contribution >= 4 is 5.97 Å². The van der Waals surface area contributed by atoms with E-state index in [0.717, 1.165) is 19.3 Å². The summed E-state index contributed by atoms with van der Waals surface area (Å²) < 4.78 is 4.86. The fourth-order valence-corrected chi connectivity index (χ4v) is 2.09. The van der Waals surface area contributed by atoms with E-state index in [-0.39, 0.29) is 18.3 Å². The van der Waals surface area contributed by atoms with Crippen LogP contribution in [0.25, 0.3) is 0 Å². The van der Waals surface area contributed by atoms with Gasteiger partial charge in [-0.15, -0.1) is 0 Å². The standard InChI is InChI=1S/C8H12O3/c9-7-4-8(10)3-1-2-6(8)5-11-7/h6,10H,1-5H2/t6-,8-/m1/s1. The van der Waals surface area contributed by atoms with Crippen molar-refractivity contribution in [3.8, 4) is 0 Å². The Kier molecular flexibility index (Phi) is 1.42. The van der Waals surface area contributed by atoms with Gasteiger partial charge in [0, 0.05) is 5.92 Å². The highest BCUT2D eigenvalue weighted by Gasteiger charge is 2.46. The number of aliphatic hydroxyl groups is 1. The number of hydrogen-bond acceptors (Lipinski definition) is 3. The highest BCUT2D eigenvalue weighted by molar-refractivity contribution is 5.71. The summed E-state index contributed by atoms with van der Waals surface area (Å²) in [4.78, 5) is 10.8. The molecule has 2 aliphatic rings. The first-order valence-corrected chi connectivity index (χ1v) is 4.09. The lowest BCUT2D eigenvalue weighted by Gasteiger charge is -2.33. The molecule has 0 unspecified atom stereocenters. The molecule has 62 valence electrons. The average molecular weight is 156 g/mol. The number of ether oxygens (including phenoxy) is 1. The normalized spacial score (nSPS) is 43.4. The minimum atomic E-state index is -0.713. The second-order valence-electron chi connectivity index (χ2n) is 3.55. The molecule has 0 aromatic rings. The quantitative estimate of drug-likeness (QED) is 0.518. The zero-order valence-electron chi connectivity index (χ0n) is 6.38. The van der Waals surface area contributed by atoms with Gasteiger partial charge in [0.2, 0.25) is 0 Å². The maximum absolute atomic E-state index is 10.8. The van der Waals surface area contributed by atoms with E-state index in [1.165, 1.54) is 0 Å². The van der Waals surface area contributed by atoms with Gasteiger partial charge in [-0.3, -0.25) is 4.79 Å². The van der Waals surface area contributed by atoms with Crippen LogP contribution < -0.4 is 0 Å². The summed E-state index contributed by atoms with van der Waals surface area (Å²) in [6, 6.07) is 0. The van der Waals surface area contributed by atoms with E-state index < -0.39 is 5.60 Å². The van der Waals surface area contributed by atoms with Gasteiger partial charge < -0.3 is 9.84 Å². The van der Waals surface area contributed by atoms with Crippen molar-refractivity contribution < 1.29 is 14.6 Å². The first-order chi connectivity index (χ1) is 5.21. The largest absolute Gasteiger partial charge is 0.465 e. The van der Waals surface area contributed by atoms with Gasteiger partial charge in [0.15, 0.2) is 0 Å². The van der Waals surface area contributed by atoms with Crippen LogP contribution in [0.3, 0.4) is 0 Å². The van der Waals surface area contributed by atoms with E-state index in [4.69, 9.17) is 4.74 Å². The van der Waals surface area contributed by atoms with Crippen LogP contribution in [0.4, 0.5) is 0 Å². The third-order valence-corrected chi connectivity index (χ3v) is 2.82. The van der Waals surface area contributed by atoms with Crippen LogP contribution in [0.1, 0.15) is 25.7 Å². The molecule has 1 saturated heterocycles. The van der Waals surface area contributed by atoms with Gasteiger partial charge in [0.05, 0.1) is 18.6 Å². The summed E-state index contributed by atoms with van der Waals surface area (Å²) in [6.45, 7) is 0.426. The lowest BCUT2D eigenvalue weighted by atomic mass is 9.86. The Morgan fingerprint density at radius 2 is 2.45 bits per heavy atom. The summed E-state index contributed by atoms with van der Waals surface area (Å²) in [5.74, 6) is -0.0362. The number of rotatable bonds is 0. The summed E-state index contributed by atoms with van der Waals surface area (Å²) in [6.07, 6.45) is 3.01. The summed E-state index contributed by atoms with van der Waals surface area (Å²) in [5, 5.41) is 9.88. The van der Waals surface area contributed by atoms with Crippen LogP contribution in [0.5, 0.6) is 0 Å². The highest BCUT2D eigenvalue weighted by Crippen LogP contribution is 2.40. The lowest BCUT2D eigenvalue weighted by molar-refractivity contribution is -0.165. The predicted octanol–water partition coefficient (Wildman–Crippen LogP) is 0.464. The molecule has 0 amide bonds. The fourth-order valence-electron chi connectivity index (χ4n) is 2.09. The van der Waals surface area contributed by atoms with Crippen LogP contribution in [-0.4, -0.2) is 23.3 Å². The number of carbonyl (C=O) groups excluding carboxylic acids is 1. The minimum Gasteiger partial charge on any atom is -0.465 e. The lowest BCUT2D eigenvalue weighted by Crippen LogP contribution is -2.43. The molecule has 2 fully saturated rings. The van der Waals surface area contributed by atoms with E-state index in [2.05, 4.69) is 0 Å². The van der Waals surface area contributed by atoms with E-state index in [9.17, 15) is 9.90 Å². The summed E-state index contributed by atoms with van der Waals surface area (Å²) in [7, 11) is 0. The maximum atomic E-state index is 10.8. The fraction of sp³-hybridized carbons (Fsp3) is 0.875. The number of esters is 1. The van der Waals surface area contributed by atoms with Crippen molar-refractivity contribution in [1.82, 2.24) is 0 Å². The Labute approximate surface area is 65.4 Å². The van der Waals surface area contributed by atoms with Crippen molar-refractivity contribution in [3.63, 3.8) is 0 Å². The second kappa shape index (κ2) is 2.21. The van der Waals surface area contributed by atoms with Crippen LogP contribution in [-0.2, 0) is 9.53 Å². The van der Waals surface area contributed by atoms with Crippen LogP contribution >= 0.6 is 0 Å².